The molecule has 0 aromatic carbocycles. The fourth-order valence-corrected chi connectivity index (χ4v) is 2.79. The molecule has 3 atom stereocenters. The van der Waals surface area contributed by atoms with Gasteiger partial charge in [0.05, 0.1) is 12.7 Å². The Hall–Kier alpha value is -0.0800. The van der Waals surface area contributed by atoms with Crippen molar-refractivity contribution >= 4 is 0 Å². The number of nitrogens with one attached hydrogen (secondary N) is 1. The molecule has 0 radical (unpaired) electrons. The molecule has 3 unspecified atom stereocenters. The maximum absolute atomic E-state index is 5.84. The maximum Gasteiger partial charge on any atom is 0.0731 e. The maximum atomic E-state index is 5.84. The van der Waals surface area contributed by atoms with Crippen LogP contribution in [0.25, 0.3) is 0 Å². The molecule has 0 bridgehead atoms. The van der Waals surface area contributed by atoms with E-state index in [0.29, 0.717) is 17.6 Å². The molecule has 0 spiro atoms. The molecule has 2 heteroatoms. The van der Waals surface area contributed by atoms with Crippen LogP contribution in [-0.2, 0) is 4.74 Å². The number of morpholine rings is 1. The molecule has 0 amide bonds. The minimum atomic E-state index is 0.450. The van der Waals surface area contributed by atoms with Crippen molar-refractivity contribution in [1.29, 1.82) is 0 Å². The third-order valence-corrected chi connectivity index (χ3v) is 3.86. The van der Waals surface area contributed by atoms with Crippen LogP contribution in [0.1, 0.15) is 40.0 Å². The van der Waals surface area contributed by atoms with Crippen LogP contribution in [0.2, 0.25) is 0 Å². The molecule has 1 aliphatic carbocycles. The summed E-state index contributed by atoms with van der Waals surface area (Å²) in [6.45, 7) is 9.01. The zero-order chi connectivity index (χ0) is 10.2. The second-order valence-corrected chi connectivity index (χ2v) is 5.85. The zero-order valence-corrected chi connectivity index (χ0v) is 9.68. The molecule has 1 saturated heterocycles. The van der Waals surface area contributed by atoms with Gasteiger partial charge in [-0.15, -0.1) is 0 Å². The van der Waals surface area contributed by atoms with Crippen molar-refractivity contribution in [3.8, 4) is 0 Å². The van der Waals surface area contributed by atoms with Gasteiger partial charge >= 0.3 is 0 Å². The van der Waals surface area contributed by atoms with Gasteiger partial charge in [-0.1, -0.05) is 20.8 Å². The number of fused-ring (bicyclic) bond motifs is 1. The fourth-order valence-electron chi connectivity index (χ4n) is 2.79. The summed E-state index contributed by atoms with van der Waals surface area (Å²) >= 11 is 0. The van der Waals surface area contributed by atoms with E-state index in [2.05, 4.69) is 26.1 Å². The average molecular weight is 197 g/mol. The molecule has 2 rings (SSSR count). The third-order valence-electron chi connectivity index (χ3n) is 3.86. The lowest BCUT2D eigenvalue weighted by atomic mass is 9.70. The molecule has 82 valence electrons. The van der Waals surface area contributed by atoms with Crippen LogP contribution in [0.15, 0.2) is 0 Å². The first-order valence-electron chi connectivity index (χ1n) is 5.92. The monoisotopic (exact) mass is 197 g/mol. The molecule has 1 saturated carbocycles. The van der Waals surface area contributed by atoms with Crippen LogP contribution < -0.4 is 5.32 Å². The van der Waals surface area contributed by atoms with E-state index in [1.165, 1.54) is 19.3 Å². The lowest BCUT2D eigenvalue weighted by molar-refractivity contribution is -0.0519. The number of hydrogen-bond donors (Lipinski definition) is 1. The largest absolute Gasteiger partial charge is 0.375 e. The predicted octanol–water partition coefficient (Wildman–Crippen LogP) is 2.19. The summed E-state index contributed by atoms with van der Waals surface area (Å²) in [5.74, 6) is 0.837. The second-order valence-electron chi connectivity index (χ2n) is 5.85. The van der Waals surface area contributed by atoms with Crippen molar-refractivity contribution in [3.63, 3.8) is 0 Å². The van der Waals surface area contributed by atoms with E-state index in [9.17, 15) is 0 Å². The van der Waals surface area contributed by atoms with Crippen LogP contribution in [0.3, 0.4) is 0 Å². The van der Waals surface area contributed by atoms with E-state index in [1.54, 1.807) is 0 Å². The van der Waals surface area contributed by atoms with Crippen LogP contribution in [-0.4, -0.2) is 25.3 Å². The first kappa shape index (κ1) is 10.4. The topological polar surface area (TPSA) is 21.3 Å². The molecule has 1 heterocycles. The smallest absolute Gasteiger partial charge is 0.0731 e. The molecular formula is C12H23NO. The molecule has 14 heavy (non-hydrogen) atoms. The Labute approximate surface area is 87.4 Å². The predicted molar refractivity (Wildman–Crippen MR) is 58.3 cm³/mol. The van der Waals surface area contributed by atoms with E-state index in [4.69, 9.17) is 4.74 Å². The summed E-state index contributed by atoms with van der Waals surface area (Å²) in [6, 6.07) is 0.641. The van der Waals surface area contributed by atoms with Gasteiger partial charge in [0.2, 0.25) is 0 Å². The van der Waals surface area contributed by atoms with E-state index < -0.39 is 0 Å². The van der Waals surface area contributed by atoms with Crippen LogP contribution in [0.5, 0.6) is 0 Å². The summed E-state index contributed by atoms with van der Waals surface area (Å²) in [6.07, 6.45) is 4.40. The zero-order valence-electron chi connectivity index (χ0n) is 9.68. The van der Waals surface area contributed by atoms with Crippen molar-refractivity contribution in [2.45, 2.75) is 52.2 Å². The molecule has 0 aromatic rings. The Balaban J connectivity index is 1.96. The summed E-state index contributed by atoms with van der Waals surface area (Å²) in [7, 11) is 0. The second kappa shape index (κ2) is 3.82. The number of rotatable bonds is 0. The Morgan fingerprint density at radius 1 is 1.21 bits per heavy atom. The molecule has 2 aliphatic rings. The highest BCUT2D eigenvalue weighted by Crippen LogP contribution is 2.39. The Morgan fingerprint density at radius 3 is 2.71 bits per heavy atom. The highest BCUT2D eigenvalue weighted by atomic mass is 16.5. The Bertz CT molecular complexity index is 197. The highest BCUT2D eigenvalue weighted by Gasteiger charge is 2.37. The number of ether oxygens (including phenoxy) is 1. The summed E-state index contributed by atoms with van der Waals surface area (Å²) < 4.78 is 5.84. The quantitative estimate of drug-likeness (QED) is 0.643. The normalized spacial score (nSPS) is 39.2. The van der Waals surface area contributed by atoms with Gasteiger partial charge in [-0.3, -0.25) is 0 Å². The SMILES string of the molecule is CC(C)(C)C1CCC2NCCOC2C1. The molecule has 0 aromatic heterocycles. The fraction of sp³-hybridized carbons (Fsp3) is 1.00. The lowest BCUT2D eigenvalue weighted by Crippen LogP contribution is -2.52. The van der Waals surface area contributed by atoms with Crippen molar-refractivity contribution in [1.82, 2.24) is 5.32 Å². The van der Waals surface area contributed by atoms with Gasteiger partial charge in [0.15, 0.2) is 0 Å². The summed E-state index contributed by atoms with van der Waals surface area (Å²) in [4.78, 5) is 0. The highest BCUT2D eigenvalue weighted by molar-refractivity contribution is 4.91. The molecule has 2 nitrogen and oxygen atoms in total. The van der Waals surface area contributed by atoms with Gasteiger partial charge in [-0.2, -0.15) is 0 Å². The first-order valence-corrected chi connectivity index (χ1v) is 5.92. The van der Waals surface area contributed by atoms with Gasteiger partial charge in [-0.05, 0) is 30.6 Å². The van der Waals surface area contributed by atoms with Crippen LogP contribution in [0.4, 0.5) is 0 Å². The average Bonchev–Trinajstić information content (AvgIpc) is 2.16. The summed E-state index contributed by atoms with van der Waals surface area (Å²) in [5, 5.41) is 3.57. The summed E-state index contributed by atoms with van der Waals surface area (Å²) in [5.41, 5.74) is 0.450. The van der Waals surface area contributed by atoms with Gasteiger partial charge in [-0.25, -0.2) is 0 Å². The first-order chi connectivity index (χ1) is 6.57. The lowest BCUT2D eigenvalue weighted by Gasteiger charge is -2.44. The van der Waals surface area contributed by atoms with Crippen molar-refractivity contribution < 1.29 is 4.74 Å². The molecule has 1 aliphatic heterocycles. The third kappa shape index (κ3) is 2.12. The minimum absolute atomic E-state index is 0.450. The van der Waals surface area contributed by atoms with E-state index >= 15 is 0 Å². The molecular weight excluding hydrogens is 174 g/mol. The number of hydrogen-bond acceptors (Lipinski definition) is 2. The van der Waals surface area contributed by atoms with Gasteiger partial charge in [0, 0.05) is 12.6 Å². The standard InChI is InChI=1S/C12H23NO/c1-12(2,3)9-4-5-10-11(8-9)14-7-6-13-10/h9-11,13H,4-8H2,1-3H3. The van der Waals surface area contributed by atoms with E-state index in [-0.39, 0.29) is 0 Å². The van der Waals surface area contributed by atoms with Gasteiger partial charge < -0.3 is 10.1 Å². The van der Waals surface area contributed by atoms with Crippen molar-refractivity contribution in [2.24, 2.45) is 11.3 Å². The minimum Gasteiger partial charge on any atom is -0.375 e. The Kier molecular flexibility index (Phi) is 2.85. The van der Waals surface area contributed by atoms with Gasteiger partial charge in [0.25, 0.3) is 0 Å². The van der Waals surface area contributed by atoms with Gasteiger partial charge in [0.1, 0.15) is 0 Å². The van der Waals surface area contributed by atoms with E-state index in [1.807, 2.05) is 0 Å². The van der Waals surface area contributed by atoms with Crippen LogP contribution in [0, 0.1) is 11.3 Å². The van der Waals surface area contributed by atoms with Crippen molar-refractivity contribution in [2.75, 3.05) is 13.2 Å². The van der Waals surface area contributed by atoms with Crippen LogP contribution >= 0.6 is 0 Å². The molecule has 2 fully saturated rings. The van der Waals surface area contributed by atoms with E-state index in [0.717, 1.165) is 19.1 Å². The van der Waals surface area contributed by atoms with Crippen molar-refractivity contribution in [3.05, 3.63) is 0 Å². The Morgan fingerprint density at radius 2 is 2.00 bits per heavy atom. The molecule has 1 N–H and O–H groups in total.